The monoisotopic (exact) mass is 115 g/mol. The number of carbonyl (C=O) groups is 1. The highest BCUT2D eigenvalue weighted by Crippen LogP contribution is 1.70. The largest absolute Gasteiger partial charge is 0.403 e. The fourth-order valence-corrected chi connectivity index (χ4v) is 0.257. The van der Waals surface area contributed by atoms with Crippen LogP contribution in [0.5, 0.6) is 0 Å². The zero-order chi connectivity index (χ0) is 6.41. The van der Waals surface area contributed by atoms with Crippen LogP contribution in [0.3, 0.4) is 0 Å². The van der Waals surface area contributed by atoms with Crippen molar-refractivity contribution >= 4 is 6.29 Å². The highest BCUT2D eigenvalue weighted by molar-refractivity contribution is 5.51. The molecule has 4 nitrogen and oxygen atoms in total. The molecule has 0 saturated carbocycles. The Morgan fingerprint density at radius 3 is 2.62 bits per heavy atom. The van der Waals surface area contributed by atoms with Gasteiger partial charge in [-0.3, -0.25) is 0 Å². The van der Waals surface area contributed by atoms with E-state index in [1.54, 1.807) is 0 Å². The Hall–Kier alpha value is -1.03. The number of aldehydes is 1. The molecule has 0 fully saturated rings. The first-order valence-electron chi connectivity index (χ1n) is 2.14. The van der Waals surface area contributed by atoms with Crippen LogP contribution >= 0.6 is 0 Å². The standard InChI is InChI=1S/C4H9N3O/c5-1-2-7(6)3-4-8/h1-2,4H,3,5-6H2/b2-1-. The third kappa shape index (κ3) is 3.17. The molecule has 0 unspecified atom stereocenters. The molecule has 0 saturated heterocycles. The Kier molecular flexibility index (Phi) is 3.60. The molecule has 4 heteroatoms. The molecule has 0 aromatic carbocycles. The minimum Gasteiger partial charge on any atom is -0.403 e. The average molecular weight is 115 g/mol. The van der Waals surface area contributed by atoms with Gasteiger partial charge in [0.15, 0.2) is 0 Å². The second kappa shape index (κ2) is 4.14. The Morgan fingerprint density at radius 2 is 2.25 bits per heavy atom. The number of nitrogens with two attached hydrogens (primary N) is 2. The highest BCUT2D eigenvalue weighted by atomic mass is 16.1. The molecule has 0 bridgehead atoms. The van der Waals surface area contributed by atoms with Crippen molar-refractivity contribution in [3.05, 3.63) is 12.4 Å². The van der Waals surface area contributed by atoms with E-state index in [1.807, 2.05) is 0 Å². The quantitative estimate of drug-likeness (QED) is 0.275. The predicted octanol–water partition coefficient (Wildman–Crippen LogP) is -1.21. The van der Waals surface area contributed by atoms with E-state index in [2.05, 4.69) is 0 Å². The summed E-state index contributed by atoms with van der Waals surface area (Å²) in [6.07, 6.45) is 3.37. The molecule has 8 heavy (non-hydrogen) atoms. The van der Waals surface area contributed by atoms with E-state index in [0.717, 1.165) is 0 Å². The van der Waals surface area contributed by atoms with Gasteiger partial charge in [0.2, 0.25) is 0 Å². The van der Waals surface area contributed by atoms with Crippen LogP contribution in [0.4, 0.5) is 0 Å². The van der Waals surface area contributed by atoms with Crippen LogP contribution in [0.1, 0.15) is 0 Å². The van der Waals surface area contributed by atoms with Gasteiger partial charge in [0.25, 0.3) is 0 Å². The number of hydrogen-bond acceptors (Lipinski definition) is 4. The van der Waals surface area contributed by atoms with Crippen molar-refractivity contribution in [3.63, 3.8) is 0 Å². The number of nitrogens with zero attached hydrogens (tertiary/aromatic N) is 1. The van der Waals surface area contributed by atoms with Gasteiger partial charge < -0.3 is 15.5 Å². The maximum absolute atomic E-state index is 9.69. The third-order valence-electron chi connectivity index (χ3n) is 0.563. The van der Waals surface area contributed by atoms with Crippen LogP contribution < -0.4 is 11.6 Å². The van der Waals surface area contributed by atoms with E-state index in [0.29, 0.717) is 6.29 Å². The van der Waals surface area contributed by atoms with Crippen molar-refractivity contribution < 1.29 is 4.79 Å². The van der Waals surface area contributed by atoms with Crippen molar-refractivity contribution in [3.8, 4) is 0 Å². The summed E-state index contributed by atoms with van der Waals surface area (Å²) in [5, 5.41) is 1.19. The third-order valence-corrected chi connectivity index (χ3v) is 0.563. The smallest absolute Gasteiger partial charge is 0.140 e. The van der Waals surface area contributed by atoms with Crippen LogP contribution in [0.25, 0.3) is 0 Å². The van der Waals surface area contributed by atoms with Crippen molar-refractivity contribution in [2.45, 2.75) is 0 Å². The molecule has 0 aliphatic rings. The van der Waals surface area contributed by atoms with E-state index >= 15 is 0 Å². The van der Waals surface area contributed by atoms with Gasteiger partial charge in [0.1, 0.15) is 6.29 Å². The summed E-state index contributed by atoms with van der Waals surface area (Å²) < 4.78 is 0. The van der Waals surface area contributed by atoms with Gasteiger partial charge >= 0.3 is 0 Å². The lowest BCUT2D eigenvalue weighted by molar-refractivity contribution is -0.108. The Morgan fingerprint density at radius 1 is 1.62 bits per heavy atom. The number of hydrazine groups is 1. The Bertz CT molecular complexity index is 91.3. The van der Waals surface area contributed by atoms with E-state index < -0.39 is 0 Å². The summed E-state index contributed by atoms with van der Waals surface area (Å²) in [6.45, 7) is 0.174. The SMILES string of the molecule is N/C=C\N(N)CC=O. The van der Waals surface area contributed by atoms with Gasteiger partial charge in [-0.05, 0) is 0 Å². The van der Waals surface area contributed by atoms with Gasteiger partial charge in [-0.25, -0.2) is 5.84 Å². The van der Waals surface area contributed by atoms with Crippen molar-refractivity contribution in [1.82, 2.24) is 5.01 Å². The van der Waals surface area contributed by atoms with E-state index in [1.165, 1.54) is 17.4 Å². The molecule has 46 valence electrons. The van der Waals surface area contributed by atoms with E-state index in [-0.39, 0.29) is 6.54 Å². The van der Waals surface area contributed by atoms with E-state index in [9.17, 15) is 4.79 Å². The number of hydrogen-bond donors (Lipinski definition) is 2. The molecule has 0 radical (unpaired) electrons. The van der Waals surface area contributed by atoms with Crippen LogP contribution in [0, 0.1) is 0 Å². The molecule has 4 N–H and O–H groups in total. The summed E-state index contributed by atoms with van der Waals surface area (Å²) in [7, 11) is 0. The van der Waals surface area contributed by atoms with Crippen LogP contribution in [0.15, 0.2) is 12.4 Å². The van der Waals surface area contributed by atoms with E-state index in [4.69, 9.17) is 11.6 Å². The van der Waals surface area contributed by atoms with Gasteiger partial charge in [0.05, 0.1) is 6.54 Å². The Balaban J connectivity index is 3.31. The molecule has 0 spiro atoms. The lowest BCUT2D eigenvalue weighted by atomic mass is 10.7. The zero-order valence-corrected chi connectivity index (χ0v) is 4.45. The van der Waals surface area contributed by atoms with Crippen LogP contribution in [-0.2, 0) is 4.79 Å². The number of carbonyl (C=O) groups excluding carboxylic acids is 1. The van der Waals surface area contributed by atoms with Crippen LogP contribution in [0.2, 0.25) is 0 Å². The second-order valence-corrected chi connectivity index (χ2v) is 1.20. The fourth-order valence-electron chi connectivity index (χ4n) is 0.257. The number of rotatable bonds is 3. The van der Waals surface area contributed by atoms with Crippen LogP contribution in [-0.4, -0.2) is 17.8 Å². The Labute approximate surface area is 47.7 Å². The summed E-state index contributed by atoms with van der Waals surface area (Å²) in [5.74, 6) is 5.13. The normalized spacial score (nSPS) is 9.62. The molecule has 0 aromatic heterocycles. The first-order chi connectivity index (χ1) is 3.81. The highest BCUT2D eigenvalue weighted by Gasteiger charge is 1.83. The second-order valence-electron chi connectivity index (χ2n) is 1.20. The minimum atomic E-state index is 0.174. The van der Waals surface area contributed by atoms with Crippen molar-refractivity contribution in [1.29, 1.82) is 0 Å². The van der Waals surface area contributed by atoms with Crippen molar-refractivity contribution in [2.75, 3.05) is 6.54 Å². The fraction of sp³-hybridized carbons (Fsp3) is 0.250. The summed E-state index contributed by atoms with van der Waals surface area (Å²) >= 11 is 0. The summed E-state index contributed by atoms with van der Waals surface area (Å²) in [6, 6.07) is 0. The summed E-state index contributed by atoms with van der Waals surface area (Å²) in [5.41, 5.74) is 4.94. The molecule has 0 aliphatic heterocycles. The predicted molar refractivity (Wildman–Crippen MR) is 30.3 cm³/mol. The molecule has 0 aliphatic carbocycles. The summed E-state index contributed by atoms with van der Waals surface area (Å²) in [4.78, 5) is 9.69. The lowest BCUT2D eigenvalue weighted by Gasteiger charge is -2.05. The van der Waals surface area contributed by atoms with Gasteiger partial charge in [0, 0.05) is 12.4 Å². The maximum Gasteiger partial charge on any atom is 0.140 e. The van der Waals surface area contributed by atoms with Gasteiger partial charge in [-0.15, -0.1) is 0 Å². The zero-order valence-electron chi connectivity index (χ0n) is 4.45. The average Bonchev–Trinajstić information content (AvgIpc) is 1.68. The molecular weight excluding hydrogens is 106 g/mol. The molecular formula is C4H9N3O. The molecule has 0 amide bonds. The first-order valence-corrected chi connectivity index (χ1v) is 2.14. The maximum atomic E-state index is 9.69. The topological polar surface area (TPSA) is 72.3 Å². The van der Waals surface area contributed by atoms with Gasteiger partial charge in [-0.2, -0.15) is 0 Å². The molecule has 0 rings (SSSR count). The molecule has 0 atom stereocenters. The lowest BCUT2D eigenvalue weighted by Crippen LogP contribution is -2.26. The van der Waals surface area contributed by atoms with Crippen molar-refractivity contribution in [2.24, 2.45) is 11.6 Å². The first kappa shape index (κ1) is 6.97. The van der Waals surface area contributed by atoms with Gasteiger partial charge in [-0.1, -0.05) is 0 Å². The molecule has 0 heterocycles. The molecule has 0 aromatic rings. The minimum absolute atomic E-state index is 0.174.